The van der Waals surface area contributed by atoms with Crippen LogP contribution in [0.25, 0.3) is 0 Å². The monoisotopic (exact) mass is 204 g/mol. The zero-order chi connectivity index (χ0) is 11.3. The maximum atomic E-state index is 3.35. The SMILES string of the molecule is CC(C)=CCNc1ccc(N(C)C)cc1. The van der Waals surface area contributed by atoms with Gasteiger partial charge >= 0.3 is 0 Å². The Bertz CT molecular complexity index is 319. The zero-order valence-electron chi connectivity index (χ0n) is 10.0. The van der Waals surface area contributed by atoms with Crippen molar-refractivity contribution in [1.82, 2.24) is 0 Å². The van der Waals surface area contributed by atoms with Crippen LogP contribution in [0.5, 0.6) is 0 Å². The lowest BCUT2D eigenvalue weighted by Gasteiger charge is -2.13. The van der Waals surface area contributed by atoms with Gasteiger partial charge in [-0.2, -0.15) is 0 Å². The van der Waals surface area contributed by atoms with Gasteiger partial charge in [-0.3, -0.25) is 0 Å². The quantitative estimate of drug-likeness (QED) is 0.758. The van der Waals surface area contributed by atoms with Crippen molar-refractivity contribution in [3.8, 4) is 0 Å². The van der Waals surface area contributed by atoms with Crippen LogP contribution in [0.4, 0.5) is 11.4 Å². The van der Waals surface area contributed by atoms with Crippen LogP contribution in [0, 0.1) is 0 Å². The average Bonchev–Trinajstić information content (AvgIpc) is 2.18. The average molecular weight is 204 g/mol. The molecule has 0 aliphatic heterocycles. The van der Waals surface area contributed by atoms with Gasteiger partial charge in [-0.05, 0) is 38.1 Å². The molecule has 0 aliphatic rings. The van der Waals surface area contributed by atoms with Crippen LogP contribution in [0.1, 0.15) is 13.8 Å². The zero-order valence-corrected chi connectivity index (χ0v) is 10.0. The summed E-state index contributed by atoms with van der Waals surface area (Å²) in [7, 11) is 4.09. The number of benzene rings is 1. The van der Waals surface area contributed by atoms with Crippen LogP contribution < -0.4 is 10.2 Å². The predicted octanol–water partition coefficient (Wildman–Crippen LogP) is 3.13. The Morgan fingerprint density at radius 3 is 2.27 bits per heavy atom. The highest BCUT2D eigenvalue weighted by Gasteiger charge is 1.94. The molecular formula is C13H20N2. The molecule has 0 saturated carbocycles. The summed E-state index contributed by atoms with van der Waals surface area (Å²) in [6.45, 7) is 5.11. The van der Waals surface area contributed by atoms with Crippen molar-refractivity contribution in [1.29, 1.82) is 0 Å². The largest absolute Gasteiger partial charge is 0.382 e. The lowest BCUT2D eigenvalue weighted by atomic mass is 10.2. The van der Waals surface area contributed by atoms with E-state index in [2.05, 4.69) is 54.4 Å². The summed E-state index contributed by atoms with van der Waals surface area (Å²) < 4.78 is 0. The number of anilines is 2. The first-order valence-corrected chi connectivity index (χ1v) is 5.24. The van der Waals surface area contributed by atoms with E-state index in [0.717, 1.165) is 12.2 Å². The number of hydrogen-bond donors (Lipinski definition) is 1. The van der Waals surface area contributed by atoms with E-state index in [1.807, 2.05) is 14.1 Å². The van der Waals surface area contributed by atoms with Gasteiger partial charge in [-0.15, -0.1) is 0 Å². The van der Waals surface area contributed by atoms with Crippen molar-refractivity contribution in [2.45, 2.75) is 13.8 Å². The molecule has 1 aromatic rings. The second-order valence-corrected chi connectivity index (χ2v) is 4.10. The first-order valence-electron chi connectivity index (χ1n) is 5.24. The highest BCUT2D eigenvalue weighted by molar-refractivity contribution is 5.54. The summed E-state index contributed by atoms with van der Waals surface area (Å²) in [5.41, 5.74) is 3.73. The van der Waals surface area contributed by atoms with Crippen molar-refractivity contribution in [2.24, 2.45) is 0 Å². The third-order valence-corrected chi connectivity index (χ3v) is 2.20. The van der Waals surface area contributed by atoms with E-state index in [-0.39, 0.29) is 0 Å². The lowest BCUT2D eigenvalue weighted by Crippen LogP contribution is -2.08. The Balaban J connectivity index is 2.53. The third-order valence-electron chi connectivity index (χ3n) is 2.20. The Morgan fingerprint density at radius 1 is 1.20 bits per heavy atom. The maximum Gasteiger partial charge on any atom is 0.0362 e. The Labute approximate surface area is 92.6 Å². The van der Waals surface area contributed by atoms with Gasteiger partial charge in [0.1, 0.15) is 0 Å². The van der Waals surface area contributed by atoms with Gasteiger partial charge in [0, 0.05) is 32.0 Å². The highest BCUT2D eigenvalue weighted by Crippen LogP contribution is 2.15. The predicted molar refractivity (Wildman–Crippen MR) is 68.7 cm³/mol. The van der Waals surface area contributed by atoms with Gasteiger partial charge < -0.3 is 10.2 Å². The Kier molecular flexibility index (Phi) is 4.22. The van der Waals surface area contributed by atoms with Gasteiger partial charge in [0.25, 0.3) is 0 Å². The molecular weight excluding hydrogens is 184 g/mol. The van der Waals surface area contributed by atoms with Crippen molar-refractivity contribution >= 4 is 11.4 Å². The molecule has 0 saturated heterocycles. The van der Waals surface area contributed by atoms with E-state index in [1.165, 1.54) is 11.3 Å². The molecule has 2 heteroatoms. The van der Waals surface area contributed by atoms with E-state index < -0.39 is 0 Å². The molecule has 15 heavy (non-hydrogen) atoms. The fourth-order valence-electron chi connectivity index (χ4n) is 1.25. The summed E-state index contributed by atoms with van der Waals surface area (Å²) in [6, 6.07) is 8.44. The minimum absolute atomic E-state index is 0.893. The number of allylic oxidation sites excluding steroid dienone is 1. The molecule has 2 nitrogen and oxygen atoms in total. The van der Waals surface area contributed by atoms with Crippen LogP contribution in [-0.2, 0) is 0 Å². The minimum atomic E-state index is 0.893. The Morgan fingerprint density at radius 2 is 1.80 bits per heavy atom. The smallest absolute Gasteiger partial charge is 0.0362 e. The Hall–Kier alpha value is -1.44. The third kappa shape index (κ3) is 4.07. The second kappa shape index (κ2) is 5.44. The summed E-state index contributed by atoms with van der Waals surface area (Å²) >= 11 is 0. The summed E-state index contributed by atoms with van der Waals surface area (Å²) in [6.07, 6.45) is 2.18. The topological polar surface area (TPSA) is 15.3 Å². The molecule has 0 amide bonds. The van der Waals surface area contributed by atoms with E-state index in [9.17, 15) is 0 Å². The van der Waals surface area contributed by atoms with Gasteiger partial charge in [0.15, 0.2) is 0 Å². The fraction of sp³-hybridized carbons (Fsp3) is 0.385. The van der Waals surface area contributed by atoms with E-state index in [4.69, 9.17) is 0 Å². The van der Waals surface area contributed by atoms with Crippen molar-refractivity contribution in [3.63, 3.8) is 0 Å². The van der Waals surface area contributed by atoms with Crippen LogP contribution in [0.2, 0.25) is 0 Å². The number of nitrogens with one attached hydrogen (secondary N) is 1. The molecule has 1 N–H and O–H groups in total. The molecule has 0 unspecified atom stereocenters. The molecule has 0 spiro atoms. The van der Waals surface area contributed by atoms with Gasteiger partial charge in [-0.25, -0.2) is 0 Å². The van der Waals surface area contributed by atoms with Gasteiger partial charge in [-0.1, -0.05) is 11.6 Å². The molecule has 0 radical (unpaired) electrons. The lowest BCUT2D eigenvalue weighted by molar-refractivity contribution is 1.13. The molecule has 0 heterocycles. The molecule has 0 atom stereocenters. The highest BCUT2D eigenvalue weighted by atomic mass is 15.1. The normalized spacial score (nSPS) is 9.60. The summed E-state index contributed by atoms with van der Waals surface area (Å²) in [5, 5.41) is 3.35. The molecule has 0 aromatic heterocycles. The molecule has 82 valence electrons. The molecule has 0 aliphatic carbocycles. The number of rotatable bonds is 4. The van der Waals surface area contributed by atoms with Crippen LogP contribution in [-0.4, -0.2) is 20.6 Å². The molecule has 0 fully saturated rings. The first-order chi connectivity index (χ1) is 7.09. The summed E-state index contributed by atoms with van der Waals surface area (Å²) in [5.74, 6) is 0. The van der Waals surface area contributed by atoms with Gasteiger partial charge in [0.2, 0.25) is 0 Å². The van der Waals surface area contributed by atoms with E-state index in [1.54, 1.807) is 0 Å². The van der Waals surface area contributed by atoms with Crippen molar-refractivity contribution < 1.29 is 0 Å². The van der Waals surface area contributed by atoms with Crippen molar-refractivity contribution in [3.05, 3.63) is 35.9 Å². The standard InChI is InChI=1S/C13H20N2/c1-11(2)9-10-14-12-5-7-13(8-6-12)15(3)4/h5-9,14H,10H2,1-4H3. The maximum absolute atomic E-state index is 3.35. The van der Waals surface area contributed by atoms with Gasteiger partial charge in [0.05, 0.1) is 0 Å². The van der Waals surface area contributed by atoms with Crippen LogP contribution >= 0.6 is 0 Å². The molecule has 1 aromatic carbocycles. The van der Waals surface area contributed by atoms with E-state index in [0.29, 0.717) is 0 Å². The fourth-order valence-corrected chi connectivity index (χ4v) is 1.25. The van der Waals surface area contributed by atoms with Crippen LogP contribution in [0.3, 0.4) is 0 Å². The number of nitrogens with zero attached hydrogens (tertiary/aromatic N) is 1. The molecule has 0 bridgehead atoms. The van der Waals surface area contributed by atoms with Crippen LogP contribution in [0.15, 0.2) is 35.9 Å². The summed E-state index contributed by atoms with van der Waals surface area (Å²) in [4.78, 5) is 2.10. The minimum Gasteiger partial charge on any atom is -0.382 e. The van der Waals surface area contributed by atoms with E-state index >= 15 is 0 Å². The first kappa shape index (κ1) is 11.6. The number of hydrogen-bond acceptors (Lipinski definition) is 2. The molecule has 1 rings (SSSR count). The van der Waals surface area contributed by atoms with Crippen molar-refractivity contribution in [2.75, 3.05) is 30.9 Å². The second-order valence-electron chi connectivity index (χ2n) is 4.10.